The van der Waals surface area contributed by atoms with Crippen molar-refractivity contribution in [3.05, 3.63) is 78.1 Å². The second kappa shape index (κ2) is 7.18. The van der Waals surface area contributed by atoms with Crippen molar-refractivity contribution in [3.8, 4) is 11.5 Å². The fourth-order valence-electron chi connectivity index (χ4n) is 3.87. The minimum Gasteiger partial charge on any atom is -0.454 e. The molecule has 150 valence electrons. The molecule has 2 aromatic carbocycles. The quantitative estimate of drug-likeness (QED) is 0.684. The lowest BCUT2D eigenvalue weighted by molar-refractivity contribution is -0.695. The number of hydrogen-bond acceptors (Lipinski definition) is 4. The van der Waals surface area contributed by atoms with Gasteiger partial charge in [-0.15, -0.1) is 0 Å². The first-order valence-electron chi connectivity index (χ1n) is 9.68. The minimum absolute atomic E-state index is 0.141. The maximum atomic E-state index is 13.5. The van der Waals surface area contributed by atoms with Crippen molar-refractivity contribution in [3.63, 3.8) is 0 Å². The third-order valence-corrected chi connectivity index (χ3v) is 5.37. The molecule has 3 aromatic rings. The van der Waals surface area contributed by atoms with Crippen LogP contribution >= 0.6 is 0 Å². The van der Waals surface area contributed by atoms with Crippen LogP contribution in [0.3, 0.4) is 0 Å². The molecule has 0 radical (unpaired) electrons. The van der Waals surface area contributed by atoms with E-state index in [-0.39, 0.29) is 25.2 Å². The summed E-state index contributed by atoms with van der Waals surface area (Å²) < 4.78 is 12.7. The summed E-state index contributed by atoms with van der Waals surface area (Å²) in [5.41, 5.74) is 2.99. The van der Waals surface area contributed by atoms with E-state index >= 15 is 0 Å². The molecule has 0 saturated heterocycles. The Hall–Kier alpha value is -3.87. The molecule has 0 fully saturated rings. The SMILES string of the molecule is Cc1ccccc1NC(=O)[C@@H]1c2cccc[n+]2CC(=O)N1c1ccc2c(c1)OCO2. The Bertz CT molecular complexity index is 1160. The number of carbonyl (C=O) groups excluding carboxylic acids is 2. The number of fused-ring (bicyclic) bond motifs is 2. The number of ether oxygens (including phenoxy) is 2. The summed E-state index contributed by atoms with van der Waals surface area (Å²) in [5.74, 6) is 0.723. The van der Waals surface area contributed by atoms with Gasteiger partial charge in [0.15, 0.2) is 17.7 Å². The van der Waals surface area contributed by atoms with Gasteiger partial charge in [0.2, 0.25) is 25.1 Å². The van der Waals surface area contributed by atoms with Crippen molar-refractivity contribution in [2.24, 2.45) is 0 Å². The number of hydrogen-bond donors (Lipinski definition) is 1. The molecule has 1 aromatic heterocycles. The van der Waals surface area contributed by atoms with Crippen LogP contribution in [0, 0.1) is 6.92 Å². The molecule has 0 unspecified atom stereocenters. The normalized spacial score (nSPS) is 16.9. The van der Waals surface area contributed by atoms with Gasteiger partial charge in [0, 0.05) is 29.6 Å². The third kappa shape index (κ3) is 3.04. The van der Waals surface area contributed by atoms with E-state index in [0.29, 0.717) is 22.9 Å². The Labute approximate surface area is 173 Å². The van der Waals surface area contributed by atoms with Crippen LogP contribution in [0.2, 0.25) is 0 Å². The number of para-hydroxylation sites is 1. The van der Waals surface area contributed by atoms with E-state index in [2.05, 4.69) is 5.32 Å². The van der Waals surface area contributed by atoms with Crippen LogP contribution in [0.5, 0.6) is 11.5 Å². The Balaban J connectivity index is 1.58. The number of nitrogens with zero attached hydrogens (tertiary/aromatic N) is 2. The predicted octanol–water partition coefficient (Wildman–Crippen LogP) is 2.74. The maximum Gasteiger partial charge on any atom is 0.294 e. The Morgan fingerprint density at radius 1 is 1.07 bits per heavy atom. The lowest BCUT2D eigenvalue weighted by atomic mass is 10.0. The molecular formula is C23H20N3O4+. The van der Waals surface area contributed by atoms with E-state index < -0.39 is 6.04 Å². The van der Waals surface area contributed by atoms with Gasteiger partial charge >= 0.3 is 0 Å². The van der Waals surface area contributed by atoms with E-state index in [1.165, 1.54) is 4.90 Å². The van der Waals surface area contributed by atoms with Crippen LogP contribution in [0.15, 0.2) is 66.9 Å². The van der Waals surface area contributed by atoms with Crippen LogP contribution < -0.4 is 24.3 Å². The van der Waals surface area contributed by atoms with Gasteiger partial charge in [-0.05, 0) is 30.7 Å². The number of nitrogens with one attached hydrogen (secondary N) is 1. The van der Waals surface area contributed by atoms with Gasteiger partial charge in [-0.25, -0.2) is 0 Å². The molecule has 30 heavy (non-hydrogen) atoms. The number of rotatable bonds is 3. The Kier molecular flexibility index (Phi) is 4.35. The van der Waals surface area contributed by atoms with Crippen molar-refractivity contribution in [2.45, 2.75) is 19.5 Å². The number of amides is 2. The molecule has 0 spiro atoms. The third-order valence-electron chi connectivity index (χ3n) is 5.37. The predicted molar refractivity (Wildman–Crippen MR) is 109 cm³/mol. The van der Waals surface area contributed by atoms with E-state index in [0.717, 1.165) is 11.3 Å². The molecule has 1 atom stereocenters. The molecule has 1 N–H and O–H groups in total. The number of anilines is 2. The van der Waals surface area contributed by atoms with Crippen molar-refractivity contribution >= 4 is 23.2 Å². The summed E-state index contributed by atoms with van der Waals surface area (Å²) in [7, 11) is 0. The molecule has 7 heteroatoms. The summed E-state index contributed by atoms with van der Waals surface area (Å²) in [5, 5.41) is 2.99. The average Bonchev–Trinajstić information content (AvgIpc) is 3.22. The summed E-state index contributed by atoms with van der Waals surface area (Å²) in [6.07, 6.45) is 1.82. The highest BCUT2D eigenvalue weighted by Crippen LogP contribution is 2.38. The molecule has 2 aliphatic rings. The highest BCUT2D eigenvalue weighted by Gasteiger charge is 2.44. The molecular weight excluding hydrogens is 382 g/mol. The number of benzene rings is 2. The number of aromatic nitrogens is 1. The van der Waals surface area contributed by atoms with Gasteiger partial charge < -0.3 is 14.8 Å². The number of aryl methyl sites for hydroxylation is 1. The van der Waals surface area contributed by atoms with Crippen LogP contribution in [0.25, 0.3) is 0 Å². The Morgan fingerprint density at radius 2 is 1.87 bits per heavy atom. The molecule has 2 aliphatic heterocycles. The zero-order chi connectivity index (χ0) is 20.7. The zero-order valence-corrected chi connectivity index (χ0v) is 16.4. The first-order chi connectivity index (χ1) is 14.6. The molecule has 5 rings (SSSR count). The average molecular weight is 402 g/mol. The highest BCUT2D eigenvalue weighted by molar-refractivity contribution is 6.05. The number of carbonyl (C=O) groups is 2. The van der Waals surface area contributed by atoms with Gasteiger partial charge in [-0.2, -0.15) is 4.57 Å². The monoisotopic (exact) mass is 402 g/mol. The molecule has 2 amide bonds. The summed E-state index contributed by atoms with van der Waals surface area (Å²) in [6, 6.07) is 17.6. The maximum absolute atomic E-state index is 13.5. The lowest BCUT2D eigenvalue weighted by Crippen LogP contribution is -2.58. The molecule has 0 saturated carbocycles. The van der Waals surface area contributed by atoms with E-state index in [4.69, 9.17) is 9.47 Å². The summed E-state index contributed by atoms with van der Waals surface area (Å²) >= 11 is 0. The molecule has 3 heterocycles. The van der Waals surface area contributed by atoms with Crippen LogP contribution in [-0.4, -0.2) is 18.6 Å². The largest absolute Gasteiger partial charge is 0.454 e. The fraction of sp³-hybridized carbons (Fsp3) is 0.174. The topological polar surface area (TPSA) is 71.8 Å². The smallest absolute Gasteiger partial charge is 0.294 e. The lowest BCUT2D eigenvalue weighted by Gasteiger charge is -2.32. The molecule has 0 aliphatic carbocycles. The number of pyridine rings is 1. The van der Waals surface area contributed by atoms with Crippen molar-refractivity contribution in [1.82, 2.24) is 0 Å². The van der Waals surface area contributed by atoms with Gasteiger partial charge in [0.05, 0.1) is 0 Å². The zero-order valence-electron chi connectivity index (χ0n) is 16.4. The van der Waals surface area contributed by atoms with Gasteiger partial charge in [0.25, 0.3) is 11.8 Å². The minimum atomic E-state index is -0.826. The molecule has 7 nitrogen and oxygen atoms in total. The molecule has 0 bridgehead atoms. The first-order valence-corrected chi connectivity index (χ1v) is 9.68. The highest BCUT2D eigenvalue weighted by atomic mass is 16.7. The van der Waals surface area contributed by atoms with Crippen molar-refractivity contribution < 1.29 is 23.6 Å². The second-order valence-corrected chi connectivity index (χ2v) is 7.26. The van der Waals surface area contributed by atoms with Gasteiger partial charge in [-0.1, -0.05) is 24.3 Å². The summed E-state index contributed by atoms with van der Waals surface area (Å²) in [4.78, 5) is 28.1. The van der Waals surface area contributed by atoms with Gasteiger partial charge in [0.1, 0.15) is 0 Å². The first kappa shape index (κ1) is 18.2. The second-order valence-electron chi connectivity index (χ2n) is 7.26. The summed E-state index contributed by atoms with van der Waals surface area (Å²) in [6.45, 7) is 2.22. The van der Waals surface area contributed by atoms with E-state index in [1.54, 1.807) is 18.2 Å². The van der Waals surface area contributed by atoms with E-state index in [1.807, 2.05) is 60.2 Å². The van der Waals surface area contributed by atoms with Crippen molar-refractivity contribution in [1.29, 1.82) is 0 Å². The van der Waals surface area contributed by atoms with Crippen molar-refractivity contribution in [2.75, 3.05) is 17.0 Å². The van der Waals surface area contributed by atoms with Crippen LogP contribution in [-0.2, 0) is 16.1 Å². The Morgan fingerprint density at radius 3 is 2.73 bits per heavy atom. The fourth-order valence-corrected chi connectivity index (χ4v) is 3.87. The van der Waals surface area contributed by atoms with Gasteiger partial charge in [-0.3, -0.25) is 14.5 Å². The van der Waals surface area contributed by atoms with Crippen LogP contribution in [0.1, 0.15) is 17.3 Å². The van der Waals surface area contributed by atoms with E-state index in [9.17, 15) is 9.59 Å². The standard InChI is InChI=1S/C23H19N3O4/c1-15-6-2-3-7-17(15)24-23(28)22-18-8-4-5-11-25(18)13-21(27)26(22)16-9-10-19-20(12-16)30-14-29-19/h2-12,22H,13-14H2,1H3/p+1/t22-/m0/s1. The van der Waals surface area contributed by atoms with Crippen LogP contribution in [0.4, 0.5) is 11.4 Å².